The maximum Gasteiger partial charge on any atom is 0.234 e. The lowest BCUT2D eigenvalue weighted by Crippen LogP contribution is -2.01. The standard InChI is InChI=1S/C38H25N3/c1-2-10-26(11-3-1)27-18-20-29(21-19-27)31-13-6-7-14-32(31)30-24-39-38(40-25-30)41-36-17-9-8-16-34(36)35-23-22-28-12-4-5-15-33(28)37(35)41/h1-25H. The SMILES string of the molecule is c1ccc(-c2ccc(-c3ccccc3-c3cnc(-n4c5ccccc5c5ccc6ccccc6c54)nc3)cc2)cc1. The molecule has 0 N–H and O–H groups in total. The van der Waals surface area contributed by atoms with Crippen LogP contribution in [0.25, 0.3) is 71.9 Å². The van der Waals surface area contributed by atoms with Crippen molar-refractivity contribution in [3.63, 3.8) is 0 Å². The van der Waals surface area contributed by atoms with E-state index in [2.05, 4.69) is 138 Å². The minimum atomic E-state index is 0.668. The molecule has 0 radical (unpaired) electrons. The Morgan fingerprint density at radius 1 is 0.390 bits per heavy atom. The van der Waals surface area contributed by atoms with E-state index in [1.807, 2.05) is 18.5 Å². The van der Waals surface area contributed by atoms with E-state index in [1.54, 1.807) is 0 Å². The van der Waals surface area contributed by atoms with E-state index in [9.17, 15) is 0 Å². The minimum absolute atomic E-state index is 0.668. The van der Waals surface area contributed by atoms with Crippen LogP contribution in [-0.4, -0.2) is 14.5 Å². The molecule has 41 heavy (non-hydrogen) atoms. The molecular formula is C38H25N3. The van der Waals surface area contributed by atoms with Crippen molar-refractivity contribution in [2.24, 2.45) is 0 Å². The second-order valence-corrected chi connectivity index (χ2v) is 10.3. The van der Waals surface area contributed by atoms with E-state index in [-0.39, 0.29) is 0 Å². The van der Waals surface area contributed by atoms with Gasteiger partial charge in [-0.1, -0.05) is 133 Å². The third-order valence-corrected chi connectivity index (χ3v) is 7.94. The van der Waals surface area contributed by atoms with Crippen molar-refractivity contribution in [3.8, 4) is 39.3 Å². The number of aromatic nitrogens is 3. The maximum absolute atomic E-state index is 4.95. The van der Waals surface area contributed by atoms with Crippen LogP contribution in [0.5, 0.6) is 0 Å². The van der Waals surface area contributed by atoms with E-state index in [4.69, 9.17) is 9.97 Å². The lowest BCUT2D eigenvalue weighted by molar-refractivity contribution is 0.992. The lowest BCUT2D eigenvalue weighted by Gasteiger charge is -2.12. The van der Waals surface area contributed by atoms with Crippen molar-refractivity contribution in [1.82, 2.24) is 14.5 Å². The first-order valence-electron chi connectivity index (χ1n) is 13.8. The van der Waals surface area contributed by atoms with Gasteiger partial charge >= 0.3 is 0 Å². The summed E-state index contributed by atoms with van der Waals surface area (Å²) in [5.41, 5.74) is 9.08. The summed E-state index contributed by atoms with van der Waals surface area (Å²) in [6, 6.07) is 49.1. The molecule has 0 bridgehead atoms. The molecule has 3 heteroatoms. The van der Waals surface area contributed by atoms with Gasteiger partial charge in [-0.3, -0.25) is 4.57 Å². The van der Waals surface area contributed by atoms with Gasteiger partial charge in [0.15, 0.2) is 0 Å². The molecule has 8 rings (SSSR count). The molecule has 0 aliphatic heterocycles. The predicted octanol–water partition coefficient (Wildman–Crippen LogP) is 9.73. The van der Waals surface area contributed by atoms with Crippen molar-refractivity contribution in [2.75, 3.05) is 0 Å². The molecule has 6 aromatic carbocycles. The fourth-order valence-electron chi connectivity index (χ4n) is 5.97. The summed E-state index contributed by atoms with van der Waals surface area (Å²) in [6.45, 7) is 0. The third-order valence-electron chi connectivity index (χ3n) is 7.94. The van der Waals surface area contributed by atoms with Gasteiger partial charge in [0.25, 0.3) is 0 Å². The number of hydrogen-bond donors (Lipinski definition) is 0. The summed E-state index contributed by atoms with van der Waals surface area (Å²) in [7, 11) is 0. The first kappa shape index (κ1) is 23.4. The molecular weight excluding hydrogens is 498 g/mol. The average molecular weight is 524 g/mol. The molecule has 0 atom stereocenters. The monoisotopic (exact) mass is 523 g/mol. The molecule has 0 saturated carbocycles. The second kappa shape index (κ2) is 9.58. The highest BCUT2D eigenvalue weighted by molar-refractivity contribution is 6.18. The highest BCUT2D eigenvalue weighted by Crippen LogP contribution is 2.37. The van der Waals surface area contributed by atoms with Crippen LogP contribution in [0, 0.1) is 0 Å². The number of para-hydroxylation sites is 1. The van der Waals surface area contributed by atoms with Crippen LogP contribution in [-0.2, 0) is 0 Å². The molecule has 0 amide bonds. The quantitative estimate of drug-likeness (QED) is 0.230. The third kappa shape index (κ3) is 3.90. The van der Waals surface area contributed by atoms with Gasteiger partial charge in [0.05, 0.1) is 11.0 Å². The molecule has 8 aromatic rings. The van der Waals surface area contributed by atoms with Gasteiger partial charge in [0.1, 0.15) is 0 Å². The number of nitrogens with zero attached hydrogens (tertiary/aromatic N) is 3. The van der Waals surface area contributed by atoms with E-state index in [1.165, 1.54) is 38.2 Å². The van der Waals surface area contributed by atoms with Gasteiger partial charge in [-0.2, -0.15) is 0 Å². The molecule has 3 nitrogen and oxygen atoms in total. The van der Waals surface area contributed by atoms with E-state index >= 15 is 0 Å². The molecule has 0 unspecified atom stereocenters. The highest BCUT2D eigenvalue weighted by atomic mass is 15.1. The zero-order valence-corrected chi connectivity index (χ0v) is 22.3. The molecule has 0 saturated heterocycles. The smallest absolute Gasteiger partial charge is 0.234 e. The lowest BCUT2D eigenvalue weighted by atomic mass is 9.94. The van der Waals surface area contributed by atoms with Crippen LogP contribution in [0.4, 0.5) is 0 Å². The Hall–Kier alpha value is -5.54. The van der Waals surface area contributed by atoms with Crippen molar-refractivity contribution >= 4 is 32.6 Å². The average Bonchev–Trinajstić information content (AvgIpc) is 3.40. The van der Waals surface area contributed by atoms with Crippen LogP contribution >= 0.6 is 0 Å². The predicted molar refractivity (Wildman–Crippen MR) is 170 cm³/mol. The van der Waals surface area contributed by atoms with Crippen molar-refractivity contribution in [2.45, 2.75) is 0 Å². The van der Waals surface area contributed by atoms with Gasteiger partial charge in [0.2, 0.25) is 5.95 Å². The van der Waals surface area contributed by atoms with Gasteiger partial charge in [0, 0.05) is 34.1 Å². The summed E-state index contributed by atoms with van der Waals surface area (Å²) in [5.74, 6) is 0.668. The van der Waals surface area contributed by atoms with Gasteiger partial charge in [-0.15, -0.1) is 0 Å². The Morgan fingerprint density at radius 3 is 1.76 bits per heavy atom. The molecule has 0 fully saturated rings. The number of benzene rings is 6. The first-order valence-corrected chi connectivity index (χ1v) is 13.8. The number of hydrogen-bond acceptors (Lipinski definition) is 2. The maximum atomic E-state index is 4.95. The summed E-state index contributed by atoms with van der Waals surface area (Å²) in [6.07, 6.45) is 3.90. The van der Waals surface area contributed by atoms with Crippen molar-refractivity contribution in [3.05, 3.63) is 152 Å². The molecule has 2 aromatic heterocycles. The fraction of sp³-hybridized carbons (Fsp3) is 0. The minimum Gasteiger partial charge on any atom is -0.277 e. The Bertz CT molecular complexity index is 2180. The van der Waals surface area contributed by atoms with Crippen LogP contribution in [0.2, 0.25) is 0 Å². The molecule has 0 aliphatic rings. The summed E-state index contributed by atoms with van der Waals surface area (Å²) >= 11 is 0. The Balaban J connectivity index is 1.23. The molecule has 0 spiro atoms. The van der Waals surface area contributed by atoms with Gasteiger partial charge in [-0.05, 0) is 39.3 Å². The van der Waals surface area contributed by atoms with Crippen LogP contribution < -0.4 is 0 Å². The zero-order valence-electron chi connectivity index (χ0n) is 22.3. The topological polar surface area (TPSA) is 30.7 Å². The van der Waals surface area contributed by atoms with E-state index in [0.29, 0.717) is 5.95 Å². The summed E-state index contributed by atoms with van der Waals surface area (Å²) in [5, 5.41) is 4.80. The normalized spacial score (nSPS) is 11.4. The zero-order chi connectivity index (χ0) is 27.2. The van der Waals surface area contributed by atoms with Gasteiger partial charge in [-0.25, -0.2) is 9.97 Å². The van der Waals surface area contributed by atoms with Crippen LogP contribution in [0.15, 0.2) is 152 Å². The Labute approximate surface area is 238 Å². The van der Waals surface area contributed by atoms with Crippen LogP contribution in [0.3, 0.4) is 0 Å². The summed E-state index contributed by atoms with van der Waals surface area (Å²) < 4.78 is 2.20. The molecule has 192 valence electrons. The first-order chi connectivity index (χ1) is 20.3. The Kier molecular flexibility index (Phi) is 5.46. The van der Waals surface area contributed by atoms with Crippen LogP contribution in [0.1, 0.15) is 0 Å². The molecule has 0 aliphatic carbocycles. The van der Waals surface area contributed by atoms with Crippen molar-refractivity contribution < 1.29 is 0 Å². The Morgan fingerprint density at radius 2 is 0.976 bits per heavy atom. The second-order valence-electron chi connectivity index (χ2n) is 10.3. The largest absolute Gasteiger partial charge is 0.277 e. The highest BCUT2D eigenvalue weighted by Gasteiger charge is 2.17. The number of fused-ring (bicyclic) bond motifs is 5. The fourth-order valence-corrected chi connectivity index (χ4v) is 5.97. The molecule has 2 heterocycles. The van der Waals surface area contributed by atoms with E-state index in [0.717, 1.165) is 27.7 Å². The number of rotatable bonds is 4. The van der Waals surface area contributed by atoms with Gasteiger partial charge < -0.3 is 0 Å². The van der Waals surface area contributed by atoms with Crippen molar-refractivity contribution in [1.29, 1.82) is 0 Å². The summed E-state index contributed by atoms with van der Waals surface area (Å²) in [4.78, 5) is 9.89. The van der Waals surface area contributed by atoms with E-state index < -0.39 is 0 Å².